The molecule has 3 aliphatic rings. The molecule has 0 bridgehead atoms. The number of rotatable bonds is 9. The van der Waals surface area contributed by atoms with E-state index >= 15 is 0 Å². The number of anilines is 1. The maximum Gasteiger partial charge on any atom is 0.416 e. The number of hydrogen-bond donors (Lipinski definition) is 1. The minimum Gasteiger partial charge on any atom is -0.384 e. The summed E-state index contributed by atoms with van der Waals surface area (Å²) in [5, 5.41) is 11.8. The Labute approximate surface area is 272 Å². The molecule has 0 radical (unpaired) electrons. The molecule has 1 aromatic heterocycles. The van der Waals surface area contributed by atoms with E-state index in [2.05, 4.69) is 34.3 Å². The fraction of sp³-hybridized carbons (Fsp3) is 0.486. The van der Waals surface area contributed by atoms with Crippen molar-refractivity contribution >= 4 is 17.5 Å². The minimum absolute atomic E-state index is 0.0147. The molecule has 2 amide bonds. The van der Waals surface area contributed by atoms with Crippen molar-refractivity contribution in [1.82, 2.24) is 25.0 Å². The number of nitrogens with zero attached hydrogens (tertiary/aromatic N) is 5. The molecular weight excluding hydrogens is 609 g/mol. The molecule has 2 aliphatic heterocycles. The Bertz CT molecular complexity index is 1740. The van der Waals surface area contributed by atoms with Gasteiger partial charge in [0.05, 0.1) is 24.1 Å². The molecule has 12 heteroatoms. The first-order chi connectivity index (χ1) is 22.4. The van der Waals surface area contributed by atoms with Crippen LogP contribution in [0.15, 0.2) is 42.7 Å². The third-order valence-electron chi connectivity index (χ3n) is 9.86. The molecular formula is C35H39F3N6O3. The van der Waals surface area contributed by atoms with Crippen molar-refractivity contribution < 1.29 is 27.5 Å². The van der Waals surface area contributed by atoms with Gasteiger partial charge >= 0.3 is 6.18 Å². The van der Waals surface area contributed by atoms with E-state index in [0.29, 0.717) is 43.4 Å². The highest BCUT2D eigenvalue weighted by Crippen LogP contribution is 2.52. The predicted molar refractivity (Wildman–Crippen MR) is 169 cm³/mol. The molecule has 2 fully saturated rings. The molecule has 1 aliphatic carbocycles. The number of ether oxygens (including phenoxy) is 1. The highest BCUT2D eigenvalue weighted by molar-refractivity contribution is 6.10. The molecule has 1 saturated heterocycles. The summed E-state index contributed by atoms with van der Waals surface area (Å²) in [4.78, 5) is 29.3. The molecule has 248 valence electrons. The van der Waals surface area contributed by atoms with E-state index in [-0.39, 0.29) is 47.4 Å². The zero-order chi connectivity index (χ0) is 33.5. The highest BCUT2D eigenvalue weighted by Gasteiger charge is 2.48. The van der Waals surface area contributed by atoms with Gasteiger partial charge in [0.2, 0.25) is 0 Å². The minimum atomic E-state index is -4.63. The van der Waals surface area contributed by atoms with E-state index in [1.807, 2.05) is 29.8 Å². The summed E-state index contributed by atoms with van der Waals surface area (Å²) in [6, 6.07) is 10.3. The van der Waals surface area contributed by atoms with Crippen LogP contribution in [-0.4, -0.2) is 64.8 Å². The summed E-state index contributed by atoms with van der Waals surface area (Å²) in [7, 11) is 3.50. The van der Waals surface area contributed by atoms with Gasteiger partial charge in [-0.25, -0.2) is 0 Å². The number of methoxy groups -OCH3 is 1. The molecule has 47 heavy (non-hydrogen) atoms. The Balaban J connectivity index is 1.22. The van der Waals surface area contributed by atoms with Crippen molar-refractivity contribution in [3.8, 4) is 11.8 Å². The maximum atomic E-state index is 14.4. The van der Waals surface area contributed by atoms with Gasteiger partial charge in [0.15, 0.2) is 0 Å². The first-order valence-corrected chi connectivity index (χ1v) is 15.9. The Kier molecular flexibility index (Phi) is 8.89. The van der Waals surface area contributed by atoms with E-state index in [1.165, 1.54) is 4.90 Å². The molecule has 6 rings (SSSR count). The quantitative estimate of drug-likeness (QED) is 0.343. The van der Waals surface area contributed by atoms with E-state index in [9.17, 15) is 22.8 Å². The third-order valence-corrected chi connectivity index (χ3v) is 9.86. The Morgan fingerprint density at radius 2 is 1.94 bits per heavy atom. The summed E-state index contributed by atoms with van der Waals surface area (Å²) < 4.78 is 50.6. The number of halogens is 3. The summed E-state index contributed by atoms with van der Waals surface area (Å²) in [6.07, 6.45) is -1.24. The van der Waals surface area contributed by atoms with Crippen LogP contribution in [0, 0.1) is 29.6 Å². The number of alkyl halides is 3. The summed E-state index contributed by atoms with van der Waals surface area (Å²) in [5.41, 5.74) is 0.770. The average Bonchev–Trinajstić information content (AvgIpc) is 3.72. The van der Waals surface area contributed by atoms with Crippen molar-refractivity contribution in [2.45, 2.75) is 51.4 Å². The van der Waals surface area contributed by atoms with Crippen LogP contribution in [-0.2, 0) is 41.3 Å². The van der Waals surface area contributed by atoms with Gasteiger partial charge in [0.25, 0.3) is 11.8 Å². The molecule has 3 heterocycles. The number of hydrogen-bond acceptors (Lipinski definition) is 6. The average molecular weight is 649 g/mol. The number of amides is 2. The number of benzene rings is 2. The SMILES string of the molecule is CC#CC(=O)N1C[C@@H](CNCc2cc3c(c(C(F)(F)F)c2)CN(c2cccc(C4(c5nncn5C)CC(C)C4)c2)C3=O)[C@@H](COC)C1. The normalized spacial score (nSPS) is 23.8. The van der Waals surface area contributed by atoms with E-state index in [0.717, 1.165) is 30.3 Å². The second kappa shape index (κ2) is 12.8. The van der Waals surface area contributed by atoms with Crippen molar-refractivity contribution in [2.24, 2.45) is 24.8 Å². The monoisotopic (exact) mass is 648 g/mol. The van der Waals surface area contributed by atoms with Crippen LogP contribution in [0.1, 0.15) is 65.1 Å². The Hall–Kier alpha value is -4.21. The second-order valence-electron chi connectivity index (χ2n) is 13.2. The van der Waals surface area contributed by atoms with Crippen LogP contribution >= 0.6 is 0 Å². The lowest BCUT2D eigenvalue weighted by molar-refractivity contribution is -0.138. The first kappa shape index (κ1) is 32.7. The summed E-state index contributed by atoms with van der Waals surface area (Å²) >= 11 is 0. The van der Waals surface area contributed by atoms with Crippen molar-refractivity contribution in [3.63, 3.8) is 0 Å². The number of carbonyl (C=O) groups is 2. The van der Waals surface area contributed by atoms with Crippen LogP contribution in [0.5, 0.6) is 0 Å². The summed E-state index contributed by atoms with van der Waals surface area (Å²) in [5.74, 6) is 5.93. The highest BCUT2D eigenvalue weighted by atomic mass is 19.4. The number of fused-ring (bicyclic) bond motifs is 1. The van der Waals surface area contributed by atoms with Gasteiger partial charge in [-0.3, -0.25) is 9.59 Å². The lowest BCUT2D eigenvalue weighted by Crippen LogP contribution is -2.43. The van der Waals surface area contributed by atoms with Gasteiger partial charge < -0.3 is 24.4 Å². The lowest BCUT2D eigenvalue weighted by Gasteiger charge is -2.46. The van der Waals surface area contributed by atoms with E-state index in [1.54, 1.807) is 37.4 Å². The smallest absolute Gasteiger partial charge is 0.384 e. The first-order valence-electron chi connectivity index (χ1n) is 15.9. The predicted octanol–water partition coefficient (Wildman–Crippen LogP) is 4.54. The van der Waals surface area contributed by atoms with Gasteiger partial charge in [0.1, 0.15) is 12.2 Å². The van der Waals surface area contributed by atoms with Crippen LogP contribution in [0.25, 0.3) is 0 Å². The van der Waals surface area contributed by atoms with Gasteiger partial charge in [-0.15, -0.1) is 10.2 Å². The molecule has 2 atom stereocenters. The van der Waals surface area contributed by atoms with E-state index < -0.39 is 17.6 Å². The largest absolute Gasteiger partial charge is 0.416 e. The topological polar surface area (TPSA) is 92.6 Å². The second-order valence-corrected chi connectivity index (χ2v) is 13.2. The van der Waals surface area contributed by atoms with Crippen LogP contribution < -0.4 is 10.2 Å². The molecule has 3 aromatic rings. The van der Waals surface area contributed by atoms with E-state index in [4.69, 9.17) is 4.74 Å². The number of carbonyl (C=O) groups excluding carboxylic acids is 2. The van der Waals surface area contributed by atoms with Crippen molar-refractivity contribution in [1.29, 1.82) is 0 Å². The molecule has 9 nitrogen and oxygen atoms in total. The van der Waals surface area contributed by atoms with Gasteiger partial charge in [-0.1, -0.05) is 25.0 Å². The Morgan fingerprint density at radius 3 is 2.60 bits per heavy atom. The number of likely N-dealkylation sites (tertiary alicyclic amines) is 1. The maximum absolute atomic E-state index is 14.4. The molecule has 1 saturated carbocycles. The zero-order valence-electron chi connectivity index (χ0n) is 27.0. The van der Waals surface area contributed by atoms with Crippen LogP contribution in [0.4, 0.5) is 18.9 Å². The number of nitrogens with one attached hydrogen (secondary N) is 1. The van der Waals surface area contributed by atoms with Crippen molar-refractivity contribution in [3.05, 3.63) is 76.4 Å². The van der Waals surface area contributed by atoms with Crippen LogP contribution in [0.2, 0.25) is 0 Å². The summed E-state index contributed by atoms with van der Waals surface area (Å²) in [6.45, 7) is 5.67. The molecule has 0 unspecified atom stereocenters. The lowest BCUT2D eigenvalue weighted by atomic mass is 9.58. The fourth-order valence-electron chi connectivity index (χ4n) is 7.72. The third kappa shape index (κ3) is 6.14. The number of aromatic nitrogens is 3. The standard InChI is InChI=1S/C35H39F3N6O3/c1-5-7-31(45)43-17-24(25(18-43)20-47-4)16-39-15-23-10-28-29(30(11-23)35(36,37)38)19-44(32(28)46)27-9-6-8-26(12-27)34(13-22(2)14-34)33-41-40-21-42(33)3/h6,8-12,21-22,24-25,39H,13-20H2,1-4H3/t22?,24-,25-,34?/m1/s1. The van der Waals surface area contributed by atoms with Gasteiger partial charge in [-0.05, 0) is 78.5 Å². The molecule has 1 N–H and O–H groups in total. The fourth-order valence-corrected chi connectivity index (χ4v) is 7.72. The molecule has 2 aromatic carbocycles. The molecule has 0 spiro atoms. The van der Waals surface area contributed by atoms with Gasteiger partial charge in [-0.2, -0.15) is 13.2 Å². The zero-order valence-corrected chi connectivity index (χ0v) is 27.0. The van der Waals surface area contributed by atoms with Crippen molar-refractivity contribution in [2.75, 3.05) is 38.3 Å². The Morgan fingerprint density at radius 1 is 1.17 bits per heavy atom. The van der Waals surface area contributed by atoms with Gasteiger partial charge in [0, 0.05) is 57.5 Å². The number of aryl methyl sites for hydroxylation is 1. The van der Waals surface area contributed by atoms with Crippen LogP contribution in [0.3, 0.4) is 0 Å².